The highest BCUT2D eigenvalue weighted by molar-refractivity contribution is 14.0. The number of aliphatic imine (C=N–C) groups is 1. The SMILES string of the molecule is CCNC(=NCC(C)(O)c1ccco1)NC1CCC(C)(C)CC1.I. The predicted molar refractivity (Wildman–Crippen MR) is 109 cm³/mol. The van der Waals surface area contributed by atoms with Crippen LogP contribution in [0, 0.1) is 5.41 Å². The Balaban J connectivity index is 0.00000288. The Bertz CT molecular complexity index is 502. The quantitative estimate of drug-likeness (QED) is 0.365. The van der Waals surface area contributed by atoms with Crippen LogP contribution in [0.1, 0.15) is 59.1 Å². The molecule has 5 nitrogen and oxygen atoms in total. The van der Waals surface area contributed by atoms with Crippen LogP contribution in [0.3, 0.4) is 0 Å². The van der Waals surface area contributed by atoms with Crippen molar-refractivity contribution in [3.05, 3.63) is 24.2 Å². The average Bonchev–Trinajstić information content (AvgIpc) is 3.02. The van der Waals surface area contributed by atoms with E-state index < -0.39 is 5.60 Å². The lowest BCUT2D eigenvalue weighted by atomic mass is 9.75. The second-order valence-corrected chi connectivity index (χ2v) is 7.53. The maximum absolute atomic E-state index is 10.5. The first kappa shape index (κ1) is 21.3. The van der Waals surface area contributed by atoms with Crippen LogP contribution in [0.5, 0.6) is 0 Å². The Morgan fingerprint density at radius 2 is 2.08 bits per heavy atom. The third kappa shape index (κ3) is 6.27. The molecule has 3 N–H and O–H groups in total. The minimum Gasteiger partial charge on any atom is -0.466 e. The van der Waals surface area contributed by atoms with Crippen molar-refractivity contribution in [2.24, 2.45) is 10.4 Å². The summed E-state index contributed by atoms with van der Waals surface area (Å²) in [6.45, 7) is 9.50. The third-order valence-electron chi connectivity index (χ3n) is 4.62. The summed E-state index contributed by atoms with van der Waals surface area (Å²) in [5.74, 6) is 1.31. The molecule has 0 radical (unpaired) electrons. The number of guanidine groups is 1. The van der Waals surface area contributed by atoms with Crippen molar-refractivity contribution in [3.63, 3.8) is 0 Å². The average molecular weight is 449 g/mol. The second kappa shape index (κ2) is 9.08. The molecule has 0 bridgehead atoms. The fraction of sp³-hybridized carbons (Fsp3) is 0.722. The van der Waals surface area contributed by atoms with E-state index in [2.05, 4.69) is 29.5 Å². The minimum absolute atomic E-state index is 0. The molecule has 0 amide bonds. The van der Waals surface area contributed by atoms with Gasteiger partial charge >= 0.3 is 0 Å². The number of rotatable bonds is 5. The van der Waals surface area contributed by atoms with Gasteiger partial charge in [0.05, 0.1) is 12.8 Å². The number of furan rings is 1. The van der Waals surface area contributed by atoms with Crippen molar-refractivity contribution in [3.8, 4) is 0 Å². The smallest absolute Gasteiger partial charge is 0.191 e. The third-order valence-corrected chi connectivity index (χ3v) is 4.62. The largest absolute Gasteiger partial charge is 0.466 e. The van der Waals surface area contributed by atoms with Gasteiger partial charge in [-0.05, 0) is 57.1 Å². The molecule has 1 fully saturated rings. The zero-order valence-corrected chi connectivity index (χ0v) is 17.6. The number of hydrogen-bond acceptors (Lipinski definition) is 3. The van der Waals surface area contributed by atoms with Crippen LogP contribution in [-0.4, -0.2) is 30.2 Å². The summed E-state index contributed by atoms with van der Waals surface area (Å²) in [5, 5.41) is 17.3. The van der Waals surface area contributed by atoms with E-state index in [1.54, 1.807) is 25.3 Å². The van der Waals surface area contributed by atoms with Crippen molar-refractivity contribution in [1.82, 2.24) is 10.6 Å². The van der Waals surface area contributed by atoms with E-state index in [9.17, 15) is 5.11 Å². The summed E-state index contributed by atoms with van der Waals surface area (Å²) in [7, 11) is 0. The van der Waals surface area contributed by atoms with E-state index >= 15 is 0 Å². The van der Waals surface area contributed by atoms with Crippen LogP contribution < -0.4 is 10.6 Å². The molecule has 0 saturated heterocycles. The highest BCUT2D eigenvalue weighted by atomic mass is 127. The summed E-state index contributed by atoms with van der Waals surface area (Å²) < 4.78 is 5.30. The van der Waals surface area contributed by atoms with Gasteiger partial charge in [-0.25, -0.2) is 4.99 Å². The Hall–Kier alpha value is -0.760. The van der Waals surface area contributed by atoms with Gasteiger partial charge < -0.3 is 20.2 Å². The Labute approximate surface area is 162 Å². The van der Waals surface area contributed by atoms with Crippen LogP contribution in [0.2, 0.25) is 0 Å². The van der Waals surface area contributed by atoms with Crippen molar-refractivity contribution >= 4 is 29.9 Å². The van der Waals surface area contributed by atoms with Gasteiger partial charge in [-0.1, -0.05) is 13.8 Å². The van der Waals surface area contributed by atoms with Crippen LogP contribution in [0.15, 0.2) is 27.8 Å². The molecule has 1 aliphatic rings. The number of hydrogen-bond donors (Lipinski definition) is 3. The number of nitrogens with zero attached hydrogens (tertiary/aromatic N) is 1. The Kier molecular flexibility index (Phi) is 8.05. The molecule has 0 aromatic carbocycles. The topological polar surface area (TPSA) is 69.8 Å². The van der Waals surface area contributed by atoms with Gasteiger partial charge in [-0.3, -0.25) is 0 Å². The number of halogens is 1. The summed E-state index contributed by atoms with van der Waals surface area (Å²) in [5.41, 5.74) is -0.642. The van der Waals surface area contributed by atoms with Gasteiger partial charge in [0.15, 0.2) is 5.96 Å². The van der Waals surface area contributed by atoms with E-state index in [1.165, 1.54) is 12.8 Å². The van der Waals surface area contributed by atoms with Gasteiger partial charge in [-0.2, -0.15) is 0 Å². The van der Waals surface area contributed by atoms with Crippen LogP contribution >= 0.6 is 24.0 Å². The first-order valence-corrected chi connectivity index (χ1v) is 8.64. The molecule has 1 aromatic rings. The Morgan fingerprint density at radius 1 is 1.42 bits per heavy atom. The fourth-order valence-electron chi connectivity index (χ4n) is 2.95. The summed E-state index contributed by atoms with van der Waals surface area (Å²) in [6.07, 6.45) is 6.35. The van der Waals surface area contributed by atoms with Crippen molar-refractivity contribution in [2.45, 2.75) is 65.0 Å². The molecule has 1 atom stereocenters. The van der Waals surface area contributed by atoms with Gasteiger partial charge in [-0.15, -0.1) is 24.0 Å². The molecule has 1 unspecified atom stereocenters. The molecule has 2 rings (SSSR count). The van der Waals surface area contributed by atoms with Crippen LogP contribution in [0.25, 0.3) is 0 Å². The molecule has 138 valence electrons. The van der Waals surface area contributed by atoms with E-state index in [0.717, 1.165) is 25.3 Å². The molecular formula is C18H32IN3O2. The van der Waals surface area contributed by atoms with Crippen LogP contribution in [-0.2, 0) is 5.60 Å². The summed E-state index contributed by atoms with van der Waals surface area (Å²) in [6, 6.07) is 4.01. The van der Waals surface area contributed by atoms with Crippen molar-refractivity contribution in [2.75, 3.05) is 13.1 Å². The molecule has 0 aliphatic heterocycles. The zero-order valence-electron chi connectivity index (χ0n) is 15.3. The van der Waals surface area contributed by atoms with E-state index in [0.29, 0.717) is 17.2 Å². The van der Waals surface area contributed by atoms with E-state index in [4.69, 9.17) is 4.42 Å². The number of nitrogens with one attached hydrogen (secondary N) is 2. The molecule has 1 aliphatic carbocycles. The van der Waals surface area contributed by atoms with Gasteiger partial charge in [0.2, 0.25) is 0 Å². The molecule has 0 spiro atoms. The monoisotopic (exact) mass is 449 g/mol. The lowest BCUT2D eigenvalue weighted by Gasteiger charge is -2.35. The maximum Gasteiger partial charge on any atom is 0.191 e. The molecule has 1 saturated carbocycles. The lowest BCUT2D eigenvalue weighted by Crippen LogP contribution is -2.46. The first-order chi connectivity index (χ1) is 10.8. The van der Waals surface area contributed by atoms with Gasteiger partial charge in [0, 0.05) is 12.6 Å². The summed E-state index contributed by atoms with van der Waals surface area (Å²) in [4.78, 5) is 4.56. The maximum atomic E-state index is 10.5. The predicted octanol–water partition coefficient (Wildman–Crippen LogP) is 3.63. The summed E-state index contributed by atoms with van der Waals surface area (Å²) >= 11 is 0. The standard InChI is InChI=1S/C18H31N3O2.HI/c1-5-19-16(21-14-8-10-17(2,3)11-9-14)20-13-18(4,22)15-7-6-12-23-15;/h6-7,12,14,22H,5,8-11,13H2,1-4H3,(H2,19,20,21);1H. The highest BCUT2D eigenvalue weighted by Gasteiger charge is 2.28. The molecule has 6 heteroatoms. The van der Waals surface area contributed by atoms with E-state index in [-0.39, 0.29) is 30.5 Å². The first-order valence-electron chi connectivity index (χ1n) is 8.64. The van der Waals surface area contributed by atoms with Crippen LogP contribution in [0.4, 0.5) is 0 Å². The molecular weight excluding hydrogens is 417 g/mol. The molecule has 24 heavy (non-hydrogen) atoms. The number of aliphatic hydroxyl groups is 1. The highest BCUT2D eigenvalue weighted by Crippen LogP contribution is 2.34. The second-order valence-electron chi connectivity index (χ2n) is 7.53. The zero-order chi connectivity index (χ0) is 16.9. The van der Waals surface area contributed by atoms with Crippen molar-refractivity contribution < 1.29 is 9.52 Å². The Morgan fingerprint density at radius 3 is 2.62 bits per heavy atom. The normalized spacial score (nSPS) is 20.8. The lowest BCUT2D eigenvalue weighted by molar-refractivity contribution is 0.0436. The fourth-order valence-corrected chi connectivity index (χ4v) is 2.95. The van der Waals surface area contributed by atoms with E-state index in [1.807, 2.05) is 6.92 Å². The van der Waals surface area contributed by atoms with Gasteiger partial charge in [0.1, 0.15) is 11.4 Å². The minimum atomic E-state index is -1.10. The molecule has 1 aromatic heterocycles. The molecule has 1 heterocycles. The van der Waals surface area contributed by atoms with Crippen molar-refractivity contribution in [1.29, 1.82) is 0 Å². The van der Waals surface area contributed by atoms with Gasteiger partial charge in [0.25, 0.3) is 0 Å².